The van der Waals surface area contributed by atoms with Crippen molar-refractivity contribution < 1.29 is 9.53 Å². The van der Waals surface area contributed by atoms with Crippen molar-refractivity contribution in [3.8, 4) is 5.75 Å². The van der Waals surface area contributed by atoms with Crippen molar-refractivity contribution in [1.82, 2.24) is 14.8 Å². The van der Waals surface area contributed by atoms with Crippen LogP contribution >= 0.6 is 27.7 Å². The first-order valence-electron chi connectivity index (χ1n) is 9.69. The molecule has 0 aliphatic carbocycles. The summed E-state index contributed by atoms with van der Waals surface area (Å²) >= 11 is 4.80. The molecule has 0 saturated carbocycles. The minimum absolute atomic E-state index is 0.0794. The van der Waals surface area contributed by atoms with E-state index in [4.69, 9.17) is 4.74 Å². The third-order valence-corrected chi connectivity index (χ3v) is 6.28. The Labute approximate surface area is 189 Å². The SMILES string of the molecule is CCn1c(COc2cccc(C)c2C)nnc1SCC(=O)Nc1ccc(Br)cc1C. The Morgan fingerprint density at radius 3 is 2.70 bits per heavy atom. The summed E-state index contributed by atoms with van der Waals surface area (Å²) in [5.74, 6) is 1.76. The molecule has 3 aromatic rings. The van der Waals surface area contributed by atoms with Gasteiger partial charge in [-0.05, 0) is 68.7 Å². The molecule has 8 heteroatoms. The first-order chi connectivity index (χ1) is 14.4. The van der Waals surface area contributed by atoms with Crippen molar-refractivity contribution in [2.24, 2.45) is 0 Å². The summed E-state index contributed by atoms with van der Waals surface area (Å²) in [6.45, 7) is 9.13. The van der Waals surface area contributed by atoms with E-state index in [1.807, 2.05) is 55.7 Å². The van der Waals surface area contributed by atoms with E-state index in [-0.39, 0.29) is 11.7 Å². The van der Waals surface area contributed by atoms with Crippen LogP contribution in [0.4, 0.5) is 5.69 Å². The smallest absolute Gasteiger partial charge is 0.234 e. The summed E-state index contributed by atoms with van der Waals surface area (Å²) in [6, 6.07) is 11.8. The molecule has 0 saturated heterocycles. The van der Waals surface area contributed by atoms with Crippen LogP contribution in [-0.2, 0) is 17.9 Å². The van der Waals surface area contributed by atoms with Gasteiger partial charge in [-0.15, -0.1) is 10.2 Å². The predicted molar refractivity (Wildman–Crippen MR) is 124 cm³/mol. The van der Waals surface area contributed by atoms with E-state index < -0.39 is 0 Å². The van der Waals surface area contributed by atoms with Crippen LogP contribution in [0.3, 0.4) is 0 Å². The predicted octanol–water partition coefficient (Wildman–Crippen LogP) is 5.30. The van der Waals surface area contributed by atoms with Gasteiger partial charge in [-0.3, -0.25) is 4.79 Å². The lowest BCUT2D eigenvalue weighted by atomic mass is 10.1. The summed E-state index contributed by atoms with van der Waals surface area (Å²) in [4.78, 5) is 12.4. The van der Waals surface area contributed by atoms with Gasteiger partial charge in [0.1, 0.15) is 12.4 Å². The fourth-order valence-corrected chi connectivity index (χ4v) is 4.25. The number of carbonyl (C=O) groups is 1. The zero-order valence-corrected chi connectivity index (χ0v) is 19.9. The van der Waals surface area contributed by atoms with E-state index in [0.717, 1.165) is 32.9 Å². The van der Waals surface area contributed by atoms with E-state index in [2.05, 4.69) is 44.4 Å². The monoisotopic (exact) mass is 488 g/mol. The molecular weight excluding hydrogens is 464 g/mol. The highest BCUT2D eigenvalue weighted by Gasteiger charge is 2.15. The van der Waals surface area contributed by atoms with Crippen LogP contribution < -0.4 is 10.1 Å². The van der Waals surface area contributed by atoms with Crippen molar-refractivity contribution in [3.63, 3.8) is 0 Å². The third-order valence-electron chi connectivity index (χ3n) is 4.82. The number of nitrogens with one attached hydrogen (secondary N) is 1. The van der Waals surface area contributed by atoms with Crippen molar-refractivity contribution in [1.29, 1.82) is 0 Å². The molecular formula is C22H25BrN4O2S. The summed E-state index contributed by atoms with van der Waals surface area (Å²) in [5, 5.41) is 12.2. The topological polar surface area (TPSA) is 69.0 Å². The van der Waals surface area contributed by atoms with Crippen molar-refractivity contribution >= 4 is 39.3 Å². The number of aromatic nitrogens is 3. The van der Waals surface area contributed by atoms with E-state index >= 15 is 0 Å². The van der Waals surface area contributed by atoms with Gasteiger partial charge >= 0.3 is 0 Å². The van der Waals surface area contributed by atoms with E-state index in [1.165, 1.54) is 17.3 Å². The molecule has 0 aliphatic rings. The molecule has 3 rings (SSSR count). The van der Waals surface area contributed by atoms with Crippen LogP contribution in [0.25, 0.3) is 0 Å². The first-order valence-corrected chi connectivity index (χ1v) is 11.5. The van der Waals surface area contributed by atoms with Gasteiger partial charge in [0, 0.05) is 16.7 Å². The number of aryl methyl sites for hydroxylation is 2. The summed E-state index contributed by atoms with van der Waals surface area (Å²) in [7, 11) is 0. The minimum atomic E-state index is -0.0794. The average Bonchev–Trinajstić information content (AvgIpc) is 3.11. The van der Waals surface area contributed by atoms with Crippen LogP contribution in [0.1, 0.15) is 29.4 Å². The molecule has 0 atom stereocenters. The molecule has 0 radical (unpaired) electrons. The molecule has 30 heavy (non-hydrogen) atoms. The van der Waals surface area contributed by atoms with Crippen molar-refractivity contribution in [3.05, 3.63) is 63.4 Å². The zero-order valence-electron chi connectivity index (χ0n) is 17.5. The van der Waals surface area contributed by atoms with Gasteiger partial charge in [-0.1, -0.05) is 39.8 Å². The summed E-state index contributed by atoms with van der Waals surface area (Å²) in [5.41, 5.74) is 4.12. The molecule has 1 amide bonds. The zero-order chi connectivity index (χ0) is 21.7. The number of benzene rings is 2. The second kappa shape index (κ2) is 10.1. The Hall–Kier alpha value is -2.32. The van der Waals surface area contributed by atoms with Crippen molar-refractivity contribution in [2.75, 3.05) is 11.1 Å². The maximum absolute atomic E-state index is 12.4. The number of halogens is 1. The van der Waals surface area contributed by atoms with E-state index in [9.17, 15) is 4.79 Å². The lowest BCUT2D eigenvalue weighted by Crippen LogP contribution is -2.15. The molecule has 0 spiro atoms. The third kappa shape index (κ3) is 5.43. The van der Waals surface area contributed by atoms with Gasteiger partial charge in [-0.25, -0.2) is 0 Å². The minimum Gasteiger partial charge on any atom is -0.485 e. The normalized spacial score (nSPS) is 10.8. The number of ether oxygens (including phenoxy) is 1. The molecule has 0 aliphatic heterocycles. The number of amides is 1. The quantitative estimate of drug-likeness (QED) is 0.435. The van der Waals surface area contributed by atoms with Crippen LogP contribution in [0.2, 0.25) is 0 Å². The maximum atomic E-state index is 12.4. The molecule has 1 heterocycles. The number of hydrogen-bond donors (Lipinski definition) is 1. The van der Waals surface area contributed by atoms with Gasteiger partial charge in [0.05, 0.1) is 5.75 Å². The van der Waals surface area contributed by atoms with Gasteiger partial charge < -0.3 is 14.6 Å². The Morgan fingerprint density at radius 2 is 1.97 bits per heavy atom. The molecule has 6 nitrogen and oxygen atoms in total. The highest BCUT2D eigenvalue weighted by atomic mass is 79.9. The number of anilines is 1. The number of hydrogen-bond acceptors (Lipinski definition) is 5. The van der Waals surface area contributed by atoms with Crippen LogP contribution in [0.15, 0.2) is 46.0 Å². The fourth-order valence-electron chi connectivity index (χ4n) is 2.96. The number of nitrogens with zero attached hydrogens (tertiary/aromatic N) is 3. The lowest BCUT2D eigenvalue weighted by molar-refractivity contribution is -0.113. The Kier molecular flexibility index (Phi) is 7.55. The Bertz CT molecular complexity index is 1050. The lowest BCUT2D eigenvalue weighted by Gasteiger charge is -2.12. The summed E-state index contributed by atoms with van der Waals surface area (Å²) < 4.78 is 8.94. The molecule has 0 bridgehead atoms. The van der Waals surface area contributed by atoms with Gasteiger partial charge in [0.2, 0.25) is 5.91 Å². The van der Waals surface area contributed by atoms with Gasteiger partial charge in [-0.2, -0.15) is 0 Å². The first kappa shape index (κ1) is 22.4. The molecule has 0 fully saturated rings. The van der Waals surface area contributed by atoms with Gasteiger partial charge in [0.25, 0.3) is 0 Å². The van der Waals surface area contributed by atoms with Crippen LogP contribution in [0, 0.1) is 20.8 Å². The highest BCUT2D eigenvalue weighted by molar-refractivity contribution is 9.10. The number of rotatable bonds is 8. The second-order valence-electron chi connectivity index (χ2n) is 6.93. The standard InChI is InChI=1S/C22H25BrN4O2S/c1-5-27-20(12-29-19-8-6-7-14(2)16(19)4)25-26-22(27)30-13-21(28)24-18-10-9-17(23)11-15(18)3/h6-11H,5,12-13H2,1-4H3,(H,24,28). The van der Waals surface area contributed by atoms with Gasteiger partial charge in [0.15, 0.2) is 11.0 Å². The Balaban J connectivity index is 1.61. The Morgan fingerprint density at radius 1 is 1.17 bits per heavy atom. The molecule has 158 valence electrons. The van der Waals surface area contributed by atoms with E-state index in [1.54, 1.807) is 0 Å². The number of carbonyl (C=O) groups excluding carboxylic acids is 1. The van der Waals surface area contributed by atoms with Crippen LogP contribution in [-0.4, -0.2) is 26.4 Å². The molecule has 2 aromatic carbocycles. The summed E-state index contributed by atoms with van der Waals surface area (Å²) in [6.07, 6.45) is 0. The highest BCUT2D eigenvalue weighted by Crippen LogP contribution is 2.24. The van der Waals surface area contributed by atoms with E-state index in [0.29, 0.717) is 18.3 Å². The average molecular weight is 489 g/mol. The maximum Gasteiger partial charge on any atom is 0.234 e. The largest absolute Gasteiger partial charge is 0.485 e. The second-order valence-corrected chi connectivity index (χ2v) is 8.78. The number of thioether (sulfide) groups is 1. The van der Waals surface area contributed by atoms with Crippen molar-refractivity contribution in [2.45, 2.75) is 46.0 Å². The molecule has 1 aromatic heterocycles. The fraction of sp³-hybridized carbons (Fsp3) is 0.318. The molecule has 1 N–H and O–H groups in total. The van der Waals surface area contributed by atoms with Crippen LogP contribution in [0.5, 0.6) is 5.75 Å². The molecule has 0 unspecified atom stereocenters.